The Morgan fingerprint density at radius 3 is 2.64 bits per heavy atom. The number of hydrogen-bond donors (Lipinski definition) is 3. The van der Waals surface area contributed by atoms with Gasteiger partial charge < -0.3 is 15.6 Å². The molecule has 0 spiro atoms. The van der Waals surface area contributed by atoms with Crippen LogP contribution in [0, 0.1) is 12.8 Å². The summed E-state index contributed by atoms with van der Waals surface area (Å²) in [5.41, 5.74) is 4.39. The van der Waals surface area contributed by atoms with Crippen molar-refractivity contribution < 1.29 is 4.79 Å². The average Bonchev–Trinajstić information content (AvgIpc) is 3.30. The Kier molecular flexibility index (Phi) is 7.08. The number of pyridine rings is 1. The summed E-state index contributed by atoms with van der Waals surface area (Å²) >= 11 is 0. The van der Waals surface area contributed by atoms with Crippen molar-refractivity contribution in [2.75, 3.05) is 5.32 Å². The number of aromatic amines is 1. The van der Waals surface area contributed by atoms with Gasteiger partial charge in [-0.2, -0.15) is 0 Å². The second kappa shape index (κ2) is 10.6. The standard InChI is InChI=1S/C31H36N4O/c1-22-11-10-14-25(19-22)35-31(2,20-24-21-33-27-16-7-6-15-26(24)27)30(36)34-29(23-12-4-3-5-13-23)28-17-8-9-18-32-28/h6-11,14-19,21,23,29,33,35H,3-5,12-13,20H2,1-2H3,(H,34,36). The van der Waals surface area contributed by atoms with Gasteiger partial charge in [0.05, 0.1) is 11.7 Å². The van der Waals surface area contributed by atoms with Gasteiger partial charge >= 0.3 is 0 Å². The number of nitrogens with zero attached hydrogens (tertiary/aromatic N) is 1. The number of carbonyl (C=O) groups is 1. The predicted octanol–water partition coefficient (Wildman–Crippen LogP) is 6.72. The molecule has 1 aliphatic rings. The summed E-state index contributed by atoms with van der Waals surface area (Å²) in [4.78, 5) is 22.3. The van der Waals surface area contributed by atoms with Crippen molar-refractivity contribution in [1.82, 2.24) is 15.3 Å². The maximum Gasteiger partial charge on any atom is 0.246 e. The lowest BCUT2D eigenvalue weighted by Crippen LogP contribution is -2.53. The van der Waals surface area contributed by atoms with Gasteiger partial charge in [-0.05, 0) is 74.1 Å². The van der Waals surface area contributed by atoms with Crippen LogP contribution in [0.4, 0.5) is 5.69 Å². The third-order valence-corrected chi connectivity index (χ3v) is 7.57. The molecule has 0 bridgehead atoms. The number of para-hydroxylation sites is 1. The molecular formula is C31H36N4O. The molecule has 3 N–H and O–H groups in total. The molecule has 1 aliphatic carbocycles. The fraction of sp³-hybridized carbons (Fsp3) is 0.355. The smallest absolute Gasteiger partial charge is 0.246 e. The van der Waals surface area contributed by atoms with Crippen LogP contribution in [0.3, 0.4) is 0 Å². The van der Waals surface area contributed by atoms with Gasteiger partial charge in [-0.15, -0.1) is 0 Å². The Labute approximate surface area is 213 Å². The van der Waals surface area contributed by atoms with Gasteiger partial charge in [0.2, 0.25) is 5.91 Å². The summed E-state index contributed by atoms with van der Waals surface area (Å²) in [6.07, 6.45) is 10.3. The highest BCUT2D eigenvalue weighted by atomic mass is 16.2. The van der Waals surface area contributed by atoms with E-state index in [1.807, 2.05) is 61.8 Å². The monoisotopic (exact) mass is 480 g/mol. The lowest BCUT2D eigenvalue weighted by atomic mass is 9.81. The van der Waals surface area contributed by atoms with Crippen molar-refractivity contribution in [3.8, 4) is 0 Å². The van der Waals surface area contributed by atoms with E-state index in [1.165, 1.54) is 19.3 Å². The summed E-state index contributed by atoms with van der Waals surface area (Å²) in [5.74, 6) is 0.393. The highest BCUT2D eigenvalue weighted by Gasteiger charge is 2.38. The zero-order valence-electron chi connectivity index (χ0n) is 21.3. The number of aromatic nitrogens is 2. The van der Waals surface area contributed by atoms with Crippen molar-refractivity contribution in [2.45, 2.75) is 64.0 Å². The molecule has 2 aromatic carbocycles. The number of aryl methyl sites for hydroxylation is 1. The Morgan fingerprint density at radius 2 is 1.86 bits per heavy atom. The van der Waals surface area contributed by atoms with E-state index < -0.39 is 5.54 Å². The lowest BCUT2D eigenvalue weighted by Gasteiger charge is -2.36. The molecule has 2 atom stereocenters. The second-order valence-corrected chi connectivity index (χ2v) is 10.5. The van der Waals surface area contributed by atoms with Gasteiger partial charge in [-0.25, -0.2) is 0 Å². The van der Waals surface area contributed by atoms with Crippen molar-refractivity contribution in [2.24, 2.45) is 5.92 Å². The normalized spacial score (nSPS) is 16.8. The summed E-state index contributed by atoms with van der Waals surface area (Å²) in [6, 6.07) is 22.4. The van der Waals surface area contributed by atoms with Crippen LogP contribution >= 0.6 is 0 Å². The van der Waals surface area contributed by atoms with Crippen LogP contribution in [0.1, 0.15) is 61.9 Å². The molecule has 0 radical (unpaired) electrons. The zero-order chi connectivity index (χ0) is 25.0. The maximum atomic E-state index is 14.2. The second-order valence-electron chi connectivity index (χ2n) is 10.5. The van der Waals surface area contributed by atoms with Crippen LogP contribution in [0.15, 0.2) is 79.1 Å². The van der Waals surface area contributed by atoms with E-state index in [2.05, 4.69) is 51.8 Å². The molecule has 186 valence electrons. The highest BCUT2D eigenvalue weighted by Crippen LogP contribution is 2.35. The molecule has 1 saturated carbocycles. The molecule has 2 unspecified atom stereocenters. The summed E-state index contributed by atoms with van der Waals surface area (Å²) in [7, 11) is 0. The van der Waals surface area contributed by atoms with E-state index in [-0.39, 0.29) is 11.9 Å². The van der Waals surface area contributed by atoms with Gasteiger partial charge in [-0.1, -0.05) is 55.7 Å². The Hall–Kier alpha value is -3.60. The Morgan fingerprint density at radius 1 is 1.06 bits per heavy atom. The summed E-state index contributed by atoms with van der Waals surface area (Å²) in [6.45, 7) is 4.09. The number of anilines is 1. The molecule has 1 amide bonds. The minimum Gasteiger partial charge on any atom is -0.371 e. The number of rotatable bonds is 8. The van der Waals surface area contributed by atoms with E-state index in [4.69, 9.17) is 0 Å². The van der Waals surface area contributed by atoms with E-state index in [1.54, 1.807) is 0 Å². The van der Waals surface area contributed by atoms with E-state index in [0.29, 0.717) is 12.3 Å². The molecule has 5 nitrogen and oxygen atoms in total. The van der Waals surface area contributed by atoms with Crippen molar-refractivity contribution >= 4 is 22.5 Å². The van der Waals surface area contributed by atoms with Crippen molar-refractivity contribution in [3.63, 3.8) is 0 Å². The van der Waals surface area contributed by atoms with Crippen LogP contribution < -0.4 is 10.6 Å². The first-order valence-corrected chi connectivity index (χ1v) is 13.1. The molecule has 5 rings (SSSR count). The first kappa shape index (κ1) is 24.1. The third kappa shape index (κ3) is 5.30. The molecule has 4 aromatic rings. The number of carbonyl (C=O) groups excluding carboxylic acids is 1. The van der Waals surface area contributed by atoms with E-state index >= 15 is 0 Å². The first-order valence-electron chi connectivity index (χ1n) is 13.1. The first-order chi connectivity index (χ1) is 17.5. The largest absolute Gasteiger partial charge is 0.371 e. The topological polar surface area (TPSA) is 69.8 Å². The van der Waals surface area contributed by atoms with Gasteiger partial charge in [0.25, 0.3) is 0 Å². The predicted molar refractivity (Wildman–Crippen MR) is 147 cm³/mol. The van der Waals surface area contributed by atoms with Gasteiger partial charge in [0.1, 0.15) is 5.54 Å². The van der Waals surface area contributed by atoms with Gasteiger partial charge in [0.15, 0.2) is 0 Å². The van der Waals surface area contributed by atoms with Gasteiger partial charge in [0, 0.05) is 35.4 Å². The SMILES string of the molecule is Cc1cccc(NC(C)(Cc2c[nH]c3ccccc23)C(=O)NC(c2ccccn2)C2CCCCC2)c1. The number of amides is 1. The molecule has 2 heterocycles. The number of benzene rings is 2. The molecule has 0 saturated heterocycles. The summed E-state index contributed by atoms with van der Waals surface area (Å²) in [5, 5.41) is 8.23. The third-order valence-electron chi connectivity index (χ3n) is 7.57. The molecule has 0 aliphatic heterocycles. The minimum absolute atomic E-state index is 0.00415. The van der Waals surface area contributed by atoms with E-state index in [9.17, 15) is 4.79 Å². The quantitative estimate of drug-likeness (QED) is 0.262. The zero-order valence-corrected chi connectivity index (χ0v) is 21.3. The number of fused-ring (bicyclic) bond motifs is 1. The lowest BCUT2D eigenvalue weighted by molar-refractivity contribution is -0.126. The molecule has 1 fully saturated rings. The maximum absolute atomic E-state index is 14.2. The van der Waals surface area contributed by atoms with E-state index in [0.717, 1.165) is 46.3 Å². The number of nitrogens with one attached hydrogen (secondary N) is 3. The van der Waals surface area contributed by atoms with Gasteiger partial charge in [-0.3, -0.25) is 9.78 Å². The summed E-state index contributed by atoms with van der Waals surface area (Å²) < 4.78 is 0. The fourth-order valence-corrected chi connectivity index (χ4v) is 5.64. The molecule has 36 heavy (non-hydrogen) atoms. The van der Waals surface area contributed by atoms with Crippen LogP contribution in [0.5, 0.6) is 0 Å². The van der Waals surface area contributed by atoms with Crippen LogP contribution in [-0.2, 0) is 11.2 Å². The fourth-order valence-electron chi connectivity index (χ4n) is 5.64. The average molecular weight is 481 g/mol. The highest BCUT2D eigenvalue weighted by molar-refractivity contribution is 5.91. The Balaban J connectivity index is 1.48. The molecule has 2 aromatic heterocycles. The number of hydrogen-bond acceptors (Lipinski definition) is 3. The molecular weight excluding hydrogens is 444 g/mol. The Bertz CT molecular complexity index is 1310. The van der Waals surface area contributed by atoms with Crippen molar-refractivity contribution in [1.29, 1.82) is 0 Å². The van der Waals surface area contributed by atoms with Crippen molar-refractivity contribution in [3.05, 3.63) is 95.9 Å². The van der Waals surface area contributed by atoms with Crippen LogP contribution in [0.25, 0.3) is 10.9 Å². The van der Waals surface area contributed by atoms with Crippen LogP contribution in [-0.4, -0.2) is 21.4 Å². The number of H-pyrrole nitrogens is 1. The van der Waals surface area contributed by atoms with Crippen LogP contribution in [0.2, 0.25) is 0 Å². The molecule has 5 heteroatoms. The minimum atomic E-state index is -0.861.